The molecule has 0 unspecified atom stereocenters. The van der Waals surface area contributed by atoms with Gasteiger partial charge in [-0.2, -0.15) is 0 Å². The topological polar surface area (TPSA) is 81.7 Å². The van der Waals surface area contributed by atoms with E-state index in [4.69, 9.17) is 27.9 Å². The van der Waals surface area contributed by atoms with Crippen LogP contribution in [0, 0.1) is 0 Å². The van der Waals surface area contributed by atoms with Crippen molar-refractivity contribution in [2.45, 2.75) is 4.90 Å². The lowest BCUT2D eigenvalue weighted by Gasteiger charge is -2.11. The van der Waals surface area contributed by atoms with Gasteiger partial charge in [-0.15, -0.1) is 0 Å². The van der Waals surface area contributed by atoms with E-state index in [0.717, 1.165) is 0 Å². The van der Waals surface area contributed by atoms with Gasteiger partial charge in [0.1, 0.15) is 5.75 Å². The van der Waals surface area contributed by atoms with E-state index >= 15 is 0 Å². The molecule has 0 aliphatic heterocycles. The first kappa shape index (κ1) is 18.4. The summed E-state index contributed by atoms with van der Waals surface area (Å²) in [5.41, 5.74) is 0.176. The number of methoxy groups -OCH3 is 1. The molecule has 0 aliphatic carbocycles. The zero-order chi connectivity index (χ0) is 17.7. The second-order valence-electron chi connectivity index (χ2n) is 4.54. The van der Waals surface area contributed by atoms with Gasteiger partial charge in [-0.1, -0.05) is 29.3 Å². The molecule has 0 heterocycles. The molecule has 0 aromatic heterocycles. The second kappa shape index (κ2) is 7.74. The molecule has 0 spiro atoms. The largest absolute Gasteiger partial charge is 0.482 e. The van der Waals surface area contributed by atoms with E-state index < -0.39 is 16.0 Å². The molecule has 6 nitrogen and oxygen atoms in total. The number of anilines is 1. The first-order valence-electron chi connectivity index (χ1n) is 6.60. The molecule has 0 atom stereocenters. The molecule has 2 rings (SSSR count). The quantitative estimate of drug-likeness (QED) is 0.766. The van der Waals surface area contributed by atoms with Gasteiger partial charge in [0.05, 0.1) is 27.7 Å². The van der Waals surface area contributed by atoms with E-state index in [-0.39, 0.29) is 27.2 Å². The molecule has 0 saturated heterocycles. The number of sulfonamides is 1. The molecule has 2 aromatic carbocycles. The molecule has 0 saturated carbocycles. The van der Waals surface area contributed by atoms with Crippen molar-refractivity contribution in [3.63, 3.8) is 0 Å². The van der Waals surface area contributed by atoms with Crippen LogP contribution in [0.2, 0.25) is 10.0 Å². The molecule has 1 N–H and O–H groups in total. The summed E-state index contributed by atoms with van der Waals surface area (Å²) in [6, 6.07) is 10.2. The Morgan fingerprint density at radius 1 is 1.12 bits per heavy atom. The molecule has 0 radical (unpaired) electrons. The molecule has 128 valence electrons. The van der Waals surface area contributed by atoms with Crippen molar-refractivity contribution in [3.05, 3.63) is 52.5 Å². The predicted octanol–water partition coefficient (Wildman–Crippen LogP) is 3.35. The molecule has 2 aromatic rings. The highest BCUT2D eigenvalue weighted by molar-refractivity contribution is 7.92. The van der Waals surface area contributed by atoms with Gasteiger partial charge in [-0.05, 0) is 36.4 Å². The zero-order valence-electron chi connectivity index (χ0n) is 12.5. The summed E-state index contributed by atoms with van der Waals surface area (Å²) in [4.78, 5) is 11.0. The van der Waals surface area contributed by atoms with Crippen LogP contribution in [0.5, 0.6) is 5.75 Å². The van der Waals surface area contributed by atoms with E-state index in [9.17, 15) is 13.2 Å². The predicted molar refractivity (Wildman–Crippen MR) is 91.2 cm³/mol. The van der Waals surface area contributed by atoms with Crippen molar-refractivity contribution in [2.75, 3.05) is 18.4 Å². The number of benzene rings is 2. The number of halogens is 2. The molecule has 24 heavy (non-hydrogen) atoms. The first-order valence-corrected chi connectivity index (χ1v) is 8.84. The lowest BCUT2D eigenvalue weighted by Crippen LogP contribution is -2.14. The van der Waals surface area contributed by atoms with Crippen molar-refractivity contribution in [1.82, 2.24) is 0 Å². The van der Waals surface area contributed by atoms with Crippen molar-refractivity contribution < 1.29 is 22.7 Å². The third kappa shape index (κ3) is 4.53. The fourth-order valence-electron chi connectivity index (χ4n) is 1.70. The fourth-order valence-corrected chi connectivity index (χ4v) is 3.18. The van der Waals surface area contributed by atoms with Crippen LogP contribution in [0.3, 0.4) is 0 Å². The van der Waals surface area contributed by atoms with E-state index in [2.05, 4.69) is 9.46 Å². The molecule has 0 bridgehead atoms. The summed E-state index contributed by atoms with van der Waals surface area (Å²) in [7, 11) is -2.60. The minimum atomic E-state index is -3.85. The number of hydrogen-bond donors (Lipinski definition) is 1. The molecule has 0 amide bonds. The van der Waals surface area contributed by atoms with Crippen LogP contribution in [-0.2, 0) is 19.6 Å². The number of carbonyl (C=O) groups is 1. The van der Waals surface area contributed by atoms with Gasteiger partial charge in [0.15, 0.2) is 6.61 Å². The maximum atomic E-state index is 12.4. The van der Waals surface area contributed by atoms with Gasteiger partial charge in [-0.3, -0.25) is 4.72 Å². The first-order chi connectivity index (χ1) is 11.3. The summed E-state index contributed by atoms with van der Waals surface area (Å²) in [5, 5.41) is 0.351. The van der Waals surface area contributed by atoms with Crippen LogP contribution in [0.4, 0.5) is 5.69 Å². The van der Waals surface area contributed by atoms with Gasteiger partial charge in [-0.25, -0.2) is 13.2 Å². The van der Waals surface area contributed by atoms with Crippen molar-refractivity contribution in [1.29, 1.82) is 0 Å². The van der Waals surface area contributed by atoms with Gasteiger partial charge in [0, 0.05) is 0 Å². The van der Waals surface area contributed by atoms with E-state index in [1.165, 1.54) is 37.4 Å². The van der Waals surface area contributed by atoms with Crippen molar-refractivity contribution in [3.8, 4) is 5.75 Å². The summed E-state index contributed by atoms with van der Waals surface area (Å²) < 4.78 is 36.7. The highest BCUT2D eigenvalue weighted by Crippen LogP contribution is 2.31. The van der Waals surface area contributed by atoms with E-state index in [0.29, 0.717) is 5.75 Å². The molecular weight excluding hydrogens is 377 g/mol. The lowest BCUT2D eigenvalue weighted by molar-refractivity contribution is -0.142. The molecule has 0 fully saturated rings. The number of ether oxygens (including phenoxy) is 2. The Bertz CT molecular complexity index is 837. The van der Waals surface area contributed by atoms with Crippen LogP contribution in [0.1, 0.15) is 0 Å². The average Bonchev–Trinajstić information content (AvgIpc) is 2.57. The van der Waals surface area contributed by atoms with Crippen molar-refractivity contribution >= 4 is 44.9 Å². The number of rotatable bonds is 6. The van der Waals surface area contributed by atoms with Gasteiger partial charge in [0.2, 0.25) is 0 Å². The SMILES string of the molecule is COC(=O)COc1ccc(S(=O)(=O)Nc2cccc(Cl)c2Cl)cc1. The van der Waals surface area contributed by atoms with Crippen LogP contribution in [0.25, 0.3) is 0 Å². The number of carbonyl (C=O) groups excluding carboxylic acids is 1. The Morgan fingerprint density at radius 3 is 2.42 bits per heavy atom. The summed E-state index contributed by atoms with van der Waals surface area (Å²) in [6.07, 6.45) is 0. The normalized spacial score (nSPS) is 11.0. The van der Waals surface area contributed by atoms with Crippen LogP contribution < -0.4 is 9.46 Å². The van der Waals surface area contributed by atoms with Gasteiger partial charge in [0.25, 0.3) is 10.0 Å². The maximum absolute atomic E-state index is 12.4. The van der Waals surface area contributed by atoms with Crippen molar-refractivity contribution in [2.24, 2.45) is 0 Å². The van der Waals surface area contributed by atoms with E-state index in [1.54, 1.807) is 12.1 Å². The van der Waals surface area contributed by atoms with Crippen LogP contribution in [-0.4, -0.2) is 28.1 Å². The number of nitrogens with one attached hydrogen (secondary N) is 1. The average molecular weight is 390 g/mol. The Morgan fingerprint density at radius 2 is 1.79 bits per heavy atom. The Labute approximate surface area is 149 Å². The number of hydrogen-bond acceptors (Lipinski definition) is 5. The smallest absolute Gasteiger partial charge is 0.343 e. The van der Waals surface area contributed by atoms with E-state index in [1.807, 2.05) is 0 Å². The maximum Gasteiger partial charge on any atom is 0.343 e. The van der Waals surface area contributed by atoms with Crippen LogP contribution >= 0.6 is 23.2 Å². The minimum absolute atomic E-state index is 0.00367. The fraction of sp³-hybridized carbons (Fsp3) is 0.133. The lowest BCUT2D eigenvalue weighted by atomic mass is 10.3. The number of esters is 1. The summed E-state index contributed by atoms with van der Waals surface area (Å²) in [5.74, 6) is -0.205. The molecular formula is C15H13Cl2NO5S. The highest BCUT2D eigenvalue weighted by atomic mass is 35.5. The summed E-state index contributed by atoms with van der Waals surface area (Å²) >= 11 is 11.8. The standard InChI is InChI=1S/C15H13Cl2NO5S/c1-22-14(19)9-23-10-5-7-11(8-6-10)24(20,21)18-13-4-2-3-12(16)15(13)17/h2-8,18H,9H2,1H3. The third-order valence-corrected chi connectivity index (χ3v) is 5.11. The Kier molecular flexibility index (Phi) is 5.93. The van der Waals surface area contributed by atoms with Crippen LogP contribution in [0.15, 0.2) is 47.4 Å². The second-order valence-corrected chi connectivity index (χ2v) is 7.01. The Balaban J connectivity index is 2.15. The van der Waals surface area contributed by atoms with Gasteiger partial charge < -0.3 is 9.47 Å². The minimum Gasteiger partial charge on any atom is -0.482 e. The molecule has 9 heteroatoms. The van der Waals surface area contributed by atoms with Gasteiger partial charge >= 0.3 is 5.97 Å². The highest BCUT2D eigenvalue weighted by Gasteiger charge is 2.17. The monoisotopic (exact) mass is 389 g/mol. The Hall–Kier alpha value is -1.96. The molecule has 0 aliphatic rings. The third-order valence-electron chi connectivity index (χ3n) is 2.91. The zero-order valence-corrected chi connectivity index (χ0v) is 14.8. The summed E-state index contributed by atoms with van der Waals surface area (Å²) in [6.45, 7) is -0.265.